The Morgan fingerprint density at radius 2 is 2.18 bits per heavy atom. The maximum atomic E-state index is 2.97. The molecule has 2 saturated carbocycles. The molecule has 2 fully saturated rings. The highest BCUT2D eigenvalue weighted by atomic mass is 31.0. The molecule has 0 spiro atoms. The smallest absolute Gasteiger partial charge is 0.0229 e. The van der Waals surface area contributed by atoms with Crippen molar-refractivity contribution >= 4 is 18.5 Å². The van der Waals surface area contributed by atoms with Gasteiger partial charge in [-0.05, 0) is 55.3 Å². The standard InChI is InChI=1S/C9H18P2/c10-5-8-3-7-1-2-9(8,4-7)6-11/h7-8H,1-6,10-11H2. The van der Waals surface area contributed by atoms with Crippen molar-refractivity contribution in [3.05, 3.63) is 0 Å². The number of rotatable bonds is 2. The quantitative estimate of drug-likeness (QED) is 0.584. The van der Waals surface area contributed by atoms with Gasteiger partial charge in [-0.3, -0.25) is 0 Å². The summed E-state index contributed by atoms with van der Waals surface area (Å²) in [7, 11) is 5.90. The van der Waals surface area contributed by atoms with Crippen LogP contribution in [0.3, 0.4) is 0 Å². The van der Waals surface area contributed by atoms with Crippen LogP contribution >= 0.6 is 18.5 Å². The first-order chi connectivity index (χ1) is 5.30. The molecular formula is C9H18P2. The topological polar surface area (TPSA) is 0 Å². The minimum atomic E-state index is 0.761. The molecule has 0 aromatic carbocycles. The van der Waals surface area contributed by atoms with E-state index in [1.807, 2.05) is 0 Å². The van der Waals surface area contributed by atoms with Gasteiger partial charge in [-0.25, -0.2) is 0 Å². The summed E-state index contributed by atoms with van der Waals surface area (Å²) in [4.78, 5) is 0. The summed E-state index contributed by atoms with van der Waals surface area (Å²) in [6.45, 7) is 0. The predicted molar refractivity (Wildman–Crippen MR) is 57.0 cm³/mol. The molecule has 0 amide bonds. The fraction of sp³-hybridized carbons (Fsp3) is 1.00. The van der Waals surface area contributed by atoms with E-state index in [0.717, 1.165) is 17.3 Å². The number of hydrogen-bond acceptors (Lipinski definition) is 0. The van der Waals surface area contributed by atoms with Crippen molar-refractivity contribution in [2.45, 2.75) is 25.7 Å². The van der Waals surface area contributed by atoms with Crippen molar-refractivity contribution in [1.29, 1.82) is 0 Å². The average molecular weight is 188 g/mol. The second-order valence-electron chi connectivity index (χ2n) is 4.34. The van der Waals surface area contributed by atoms with Crippen LogP contribution in [0.5, 0.6) is 0 Å². The average Bonchev–Trinajstić information content (AvgIpc) is 2.60. The van der Waals surface area contributed by atoms with Gasteiger partial charge in [0.15, 0.2) is 0 Å². The minimum absolute atomic E-state index is 0.761. The van der Waals surface area contributed by atoms with Crippen molar-refractivity contribution in [2.75, 3.05) is 12.3 Å². The zero-order valence-corrected chi connectivity index (χ0v) is 9.36. The second-order valence-corrected chi connectivity index (χ2v) is 5.22. The van der Waals surface area contributed by atoms with Crippen LogP contribution in [0.1, 0.15) is 25.7 Å². The third-order valence-electron chi connectivity index (χ3n) is 3.92. The summed E-state index contributed by atoms with van der Waals surface area (Å²) in [6.07, 6.45) is 8.79. The molecule has 2 heteroatoms. The normalized spacial score (nSPS) is 48.5. The molecule has 2 aliphatic carbocycles. The lowest BCUT2D eigenvalue weighted by molar-refractivity contribution is 0.240. The minimum Gasteiger partial charge on any atom is -0.137 e. The van der Waals surface area contributed by atoms with Crippen LogP contribution in [0.2, 0.25) is 0 Å². The lowest BCUT2D eigenvalue weighted by atomic mass is 9.77. The predicted octanol–water partition coefficient (Wildman–Crippen LogP) is 2.54. The zero-order valence-electron chi connectivity index (χ0n) is 7.05. The van der Waals surface area contributed by atoms with E-state index in [-0.39, 0.29) is 0 Å². The summed E-state index contributed by atoms with van der Waals surface area (Å²) in [6, 6.07) is 0. The fourth-order valence-electron chi connectivity index (χ4n) is 3.19. The first kappa shape index (κ1) is 8.46. The van der Waals surface area contributed by atoms with E-state index in [1.54, 1.807) is 0 Å². The third kappa shape index (κ3) is 1.18. The van der Waals surface area contributed by atoms with Gasteiger partial charge in [0.2, 0.25) is 0 Å². The van der Waals surface area contributed by atoms with Crippen LogP contribution in [0.15, 0.2) is 0 Å². The molecular weight excluding hydrogens is 170 g/mol. The molecule has 2 aliphatic rings. The van der Waals surface area contributed by atoms with Gasteiger partial charge in [-0.1, -0.05) is 0 Å². The van der Waals surface area contributed by atoms with Crippen molar-refractivity contribution in [2.24, 2.45) is 17.3 Å². The van der Waals surface area contributed by atoms with Gasteiger partial charge in [0.1, 0.15) is 0 Å². The maximum Gasteiger partial charge on any atom is -0.0229 e. The summed E-state index contributed by atoms with van der Waals surface area (Å²) in [5.41, 5.74) is 0.761. The Balaban J connectivity index is 2.15. The van der Waals surface area contributed by atoms with E-state index >= 15 is 0 Å². The molecule has 0 nitrogen and oxygen atoms in total. The molecule has 0 N–H and O–H groups in total. The van der Waals surface area contributed by atoms with Gasteiger partial charge >= 0.3 is 0 Å². The summed E-state index contributed by atoms with van der Waals surface area (Å²) < 4.78 is 0. The number of fused-ring (bicyclic) bond motifs is 2. The second kappa shape index (κ2) is 2.97. The SMILES string of the molecule is PCC1CC2CCC1(CP)C2. The molecule has 2 bridgehead atoms. The molecule has 5 unspecified atom stereocenters. The largest absolute Gasteiger partial charge is 0.137 e. The molecule has 0 saturated heterocycles. The van der Waals surface area contributed by atoms with Crippen molar-refractivity contribution in [3.63, 3.8) is 0 Å². The molecule has 64 valence electrons. The monoisotopic (exact) mass is 188 g/mol. The van der Waals surface area contributed by atoms with E-state index in [2.05, 4.69) is 18.5 Å². The van der Waals surface area contributed by atoms with Crippen molar-refractivity contribution in [1.82, 2.24) is 0 Å². The lowest BCUT2D eigenvalue weighted by Crippen LogP contribution is -2.27. The highest BCUT2D eigenvalue weighted by molar-refractivity contribution is 7.17. The molecule has 0 aromatic heterocycles. The Bertz CT molecular complexity index is 158. The molecule has 0 aromatic rings. The Morgan fingerprint density at radius 1 is 1.36 bits per heavy atom. The van der Waals surface area contributed by atoms with Gasteiger partial charge in [0, 0.05) is 0 Å². The fourth-order valence-corrected chi connectivity index (χ4v) is 4.59. The third-order valence-corrected chi connectivity index (χ3v) is 5.30. The van der Waals surface area contributed by atoms with Crippen LogP contribution in [0.4, 0.5) is 0 Å². The maximum absolute atomic E-state index is 2.97. The van der Waals surface area contributed by atoms with Crippen LogP contribution in [0.25, 0.3) is 0 Å². The van der Waals surface area contributed by atoms with E-state index < -0.39 is 0 Å². The van der Waals surface area contributed by atoms with Gasteiger partial charge in [0.25, 0.3) is 0 Å². The molecule has 0 heterocycles. The molecule has 5 atom stereocenters. The van der Waals surface area contributed by atoms with Crippen LogP contribution in [-0.2, 0) is 0 Å². The van der Waals surface area contributed by atoms with E-state index in [9.17, 15) is 0 Å². The molecule has 2 rings (SSSR count). The van der Waals surface area contributed by atoms with Crippen LogP contribution in [-0.4, -0.2) is 12.3 Å². The van der Waals surface area contributed by atoms with Gasteiger partial charge in [0.05, 0.1) is 0 Å². The summed E-state index contributed by atoms with van der Waals surface area (Å²) in [5.74, 6) is 2.13. The number of hydrogen-bond donors (Lipinski definition) is 0. The summed E-state index contributed by atoms with van der Waals surface area (Å²) >= 11 is 0. The molecule has 0 radical (unpaired) electrons. The first-order valence-electron chi connectivity index (χ1n) is 4.71. The summed E-state index contributed by atoms with van der Waals surface area (Å²) in [5, 5.41) is 0. The Hall–Kier alpha value is 0.860. The van der Waals surface area contributed by atoms with E-state index in [0.29, 0.717) is 0 Å². The lowest BCUT2D eigenvalue weighted by Gasteiger charge is -2.33. The zero-order chi connectivity index (χ0) is 7.90. The Morgan fingerprint density at radius 3 is 2.64 bits per heavy atom. The molecule has 0 aliphatic heterocycles. The molecule has 11 heavy (non-hydrogen) atoms. The van der Waals surface area contributed by atoms with Gasteiger partial charge in [-0.2, -0.15) is 0 Å². The van der Waals surface area contributed by atoms with Crippen LogP contribution < -0.4 is 0 Å². The van der Waals surface area contributed by atoms with E-state index in [4.69, 9.17) is 0 Å². The Kier molecular flexibility index (Phi) is 2.28. The van der Waals surface area contributed by atoms with E-state index in [1.165, 1.54) is 38.0 Å². The van der Waals surface area contributed by atoms with Crippen LogP contribution in [0, 0.1) is 17.3 Å². The highest BCUT2D eigenvalue weighted by Crippen LogP contribution is 2.58. The van der Waals surface area contributed by atoms with Gasteiger partial charge < -0.3 is 0 Å². The highest BCUT2D eigenvalue weighted by Gasteiger charge is 2.49. The van der Waals surface area contributed by atoms with Crippen molar-refractivity contribution in [3.8, 4) is 0 Å². The first-order valence-corrected chi connectivity index (χ1v) is 6.34. The Labute approximate surface area is 74.3 Å². The van der Waals surface area contributed by atoms with Crippen molar-refractivity contribution < 1.29 is 0 Å². The van der Waals surface area contributed by atoms with Gasteiger partial charge in [-0.15, -0.1) is 18.5 Å².